The Bertz CT molecular complexity index is 207. The molecule has 0 aliphatic heterocycles. The summed E-state index contributed by atoms with van der Waals surface area (Å²) in [4.78, 5) is 0. The van der Waals surface area contributed by atoms with Gasteiger partial charge in [-0.1, -0.05) is 0 Å². The first kappa shape index (κ1) is 14.9. The third-order valence-electron chi connectivity index (χ3n) is 3.48. The second-order valence-corrected chi connectivity index (χ2v) is 6.45. The summed E-state index contributed by atoms with van der Waals surface area (Å²) in [6.45, 7) is 10.9. The van der Waals surface area contributed by atoms with E-state index in [0.717, 1.165) is 19.7 Å². The Morgan fingerprint density at radius 1 is 1.18 bits per heavy atom. The molecule has 0 heterocycles. The van der Waals surface area contributed by atoms with E-state index in [1.165, 1.54) is 32.2 Å². The van der Waals surface area contributed by atoms with Gasteiger partial charge >= 0.3 is 0 Å². The van der Waals surface area contributed by atoms with Crippen LogP contribution in [0.25, 0.3) is 0 Å². The molecule has 0 aromatic rings. The van der Waals surface area contributed by atoms with E-state index in [0.29, 0.717) is 5.41 Å². The van der Waals surface area contributed by atoms with Gasteiger partial charge in [0.2, 0.25) is 0 Å². The molecule has 3 nitrogen and oxygen atoms in total. The highest BCUT2D eigenvalue weighted by Crippen LogP contribution is 2.48. The molecule has 1 saturated carbocycles. The maximum absolute atomic E-state index is 5.16. The van der Waals surface area contributed by atoms with Gasteiger partial charge in [0.15, 0.2) is 0 Å². The summed E-state index contributed by atoms with van der Waals surface area (Å²) in [5, 5.41) is 7.10. The minimum Gasteiger partial charge on any atom is -0.385 e. The third-order valence-corrected chi connectivity index (χ3v) is 3.48. The van der Waals surface area contributed by atoms with Crippen molar-refractivity contribution < 1.29 is 4.74 Å². The maximum atomic E-state index is 5.16. The van der Waals surface area contributed by atoms with Crippen molar-refractivity contribution in [2.45, 2.75) is 52.0 Å². The zero-order valence-corrected chi connectivity index (χ0v) is 12.1. The normalized spacial score (nSPS) is 18.4. The molecule has 0 radical (unpaired) electrons. The molecular formula is C14H30N2O. The SMILES string of the molecule is COCCC1(CNCCCNC(C)(C)C)CC1. The van der Waals surface area contributed by atoms with Crippen LogP contribution < -0.4 is 10.6 Å². The quantitative estimate of drug-likeness (QED) is 0.608. The lowest BCUT2D eigenvalue weighted by Gasteiger charge is -2.21. The van der Waals surface area contributed by atoms with Gasteiger partial charge in [0.1, 0.15) is 0 Å². The second-order valence-electron chi connectivity index (χ2n) is 6.45. The van der Waals surface area contributed by atoms with Crippen molar-refractivity contribution >= 4 is 0 Å². The van der Waals surface area contributed by atoms with Gasteiger partial charge in [-0.2, -0.15) is 0 Å². The van der Waals surface area contributed by atoms with Crippen molar-refractivity contribution in [1.29, 1.82) is 0 Å². The molecule has 0 bridgehead atoms. The number of nitrogens with one attached hydrogen (secondary N) is 2. The van der Waals surface area contributed by atoms with Gasteiger partial charge in [-0.15, -0.1) is 0 Å². The van der Waals surface area contributed by atoms with E-state index in [-0.39, 0.29) is 5.54 Å². The fraction of sp³-hybridized carbons (Fsp3) is 1.00. The van der Waals surface area contributed by atoms with Crippen LogP contribution in [-0.2, 0) is 4.74 Å². The van der Waals surface area contributed by atoms with Gasteiger partial charge in [0.25, 0.3) is 0 Å². The Labute approximate surface area is 107 Å². The summed E-state index contributed by atoms with van der Waals surface area (Å²) in [5.41, 5.74) is 0.823. The van der Waals surface area contributed by atoms with E-state index < -0.39 is 0 Å². The van der Waals surface area contributed by atoms with Gasteiger partial charge in [0.05, 0.1) is 0 Å². The molecule has 102 valence electrons. The first-order chi connectivity index (χ1) is 7.97. The highest BCUT2D eigenvalue weighted by atomic mass is 16.5. The Kier molecular flexibility index (Phi) is 5.90. The predicted octanol–water partition coefficient (Wildman–Crippen LogP) is 2.17. The van der Waals surface area contributed by atoms with E-state index in [9.17, 15) is 0 Å². The first-order valence-electron chi connectivity index (χ1n) is 6.92. The highest BCUT2D eigenvalue weighted by molar-refractivity contribution is 4.94. The van der Waals surface area contributed by atoms with Crippen LogP contribution in [0.1, 0.15) is 46.5 Å². The van der Waals surface area contributed by atoms with Gasteiger partial charge in [-0.05, 0) is 65.0 Å². The number of hydrogen-bond acceptors (Lipinski definition) is 3. The minimum absolute atomic E-state index is 0.246. The average Bonchev–Trinajstić information content (AvgIpc) is 3.00. The summed E-state index contributed by atoms with van der Waals surface area (Å²) in [6.07, 6.45) is 5.18. The third kappa shape index (κ3) is 7.02. The van der Waals surface area contributed by atoms with Crippen LogP contribution in [0.4, 0.5) is 0 Å². The molecule has 0 amide bonds. The fourth-order valence-electron chi connectivity index (χ4n) is 2.04. The van der Waals surface area contributed by atoms with Gasteiger partial charge in [-0.25, -0.2) is 0 Å². The molecule has 17 heavy (non-hydrogen) atoms. The van der Waals surface area contributed by atoms with Gasteiger partial charge in [0, 0.05) is 25.8 Å². The molecule has 1 aliphatic carbocycles. The monoisotopic (exact) mass is 242 g/mol. The Hall–Kier alpha value is -0.120. The molecule has 2 N–H and O–H groups in total. The van der Waals surface area contributed by atoms with E-state index in [1.807, 2.05) is 0 Å². The van der Waals surface area contributed by atoms with Crippen LogP contribution in [0.3, 0.4) is 0 Å². The summed E-state index contributed by atoms with van der Waals surface area (Å²) in [5.74, 6) is 0. The minimum atomic E-state index is 0.246. The Morgan fingerprint density at radius 2 is 1.88 bits per heavy atom. The van der Waals surface area contributed by atoms with Crippen molar-refractivity contribution in [1.82, 2.24) is 10.6 Å². The molecule has 1 fully saturated rings. The maximum Gasteiger partial charge on any atom is 0.0468 e. The molecular weight excluding hydrogens is 212 g/mol. The molecule has 0 atom stereocenters. The lowest BCUT2D eigenvalue weighted by Crippen LogP contribution is -2.37. The standard InChI is InChI=1S/C14H30N2O/c1-13(2,3)16-10-5-9-15-12-14(6-7-14)8-11-17-4/h15-16H,5-12H2,1-4H3. The predicted molar refractivity (Wildman–Crippen MR) is 73.4 cm³/mol. The van der Waals surface area contributed by atoms with Crippen LogP contribution >= 0.6 is 0 Å². The van der Waals surface area contributed by atoms with E-state index in [1.54, 1.807) is 7.11 Å². The van der Waals surface area contributed by atoms with Crippen LogP contribution in [0.2, 0.25) is 0 Å². The van der Waals surface area contributed by atoms with E-state index >= 15 is 0 Å². The van der Waals surface area contributed by atoms with Crippen molar-refractivity contribution in [3.05, 3.63) is 0 Å². The Morgan fingerprint density at radius 3 is 2.41 bits per heavy atom. The summed E-state index contributed by atoms with van der Waals surface area (Å²) >= 11 is 0. The molecule has 1 rings (SSSR count). The average molecular weight is 242 g/mol. The highest BCUT2D eigenvalue weighted by Gasteiger charge is 2.41. The van der Waals surface area contributed by atoms with Crippen molar-refractivity contribution in [3.8, 4) is 0 Å². The van der Waals surface area contributed by atoms with Crippen LogP contribution in [0.5, 0.6) is 0 Å². The summed E-state index contributed by atoms with van der Waals surface area (Å²) in [7, 11) is 1.79. The van der Waals surface area contributed by atoms with E-state index in [4.69, 9.17) is 4.74 Å². The van der Waals surface area contributed by atoms with Gasteiger partial charge in [-0.3, -0.25) is 0 Å². The van der Waals surface area contributed by atoms with Crippen LogP contribution in [0.15, 0.2) is 0 Å². The Balaban J connectivity index is 1.94. The first-order valence-corrected chi connectivity index (χ1v) is 6.92. The van der Waals surface area contributed by atoms with Crippen molar-refractivity contribution in [3.63, 3.8) is 0 Å². The van der Waals surface area contributed by atoms with Crippen molar-refractivity contribution in [2.24, 2.45) is 5.41 Å². The fourth-order valence-corrected chi connectivity index (χ4v) is 2.04. The lowest BCUT2D eigenvalue weighted by atomic mass is 10.0. The molecule has 0 aromatic carbocycles. The molecule has 3 heteroatoms. The van der Waals surface area contributed by atoms with Crippen LogP contribution in [-0.4, -0.2) is 38.9 Å². The number of methoxy groups -OCH3 is 1. The zero-order valence-electron chi connectivity index (χ0n) is 12.1. The molecule has 0 aromatic heterocycles. The van der Waals surface area contributed by atoms with Crippen LogP contribution in [0, 0.1) is 5.41 Å². The smallest absolute Gasteiger partial charge is 0.0468 e. The second kappa shape index (κ2) is 6.72. The van der Waals surface area contributed by atoms with Crippen molar-refractivity contribution in [2.75, 3.05) is 33.4 Å². The topological polar surface area (TPSA) is 33.3 Å². The number of rotatable bonds is 9. The molecule has 0 unspecified atom stereocenters. The molecule has 0 saturated heterocycles. The zero-order chi connectivity index (χ0) is 12.8. The van der Waals surface area contributed by atoms with E-state index in [2.05, 4.69) is 31.4 Å². The summed E-state index contributed by atoms with van der Waals surface area (Å²) < 4.78 is 5.16. The largest absolute Gasteiger partial charge is 0.385 e. The number of hydrogen-bond donors (Lipinski definition) is 2. The summed E-state index contributed by atoms with van der Waals surface area (Å²) in [6, 6.07) is 0. The number of ether oxygens (including phenoxy) is 1. The van der Waals surface area contributed by atoms with Gasteiger partial charge < -0.3 is 15.4 Å². The molecule has 0 spiro atoms. The molecule has 1 aliphatic rings. The lowest BCUT2D eigenvalue weighted by molar-refractivity contribution is 0.171.